The maximum atomic E-state index is 13.8. The first-order chi connectivity index (χ1) is 7.35. The standard InChI is InChI=1S/C11H13FO3S/c1-3-16(14,15)10-7-5-4-6-9(10)11(2,12)8-13/h4-8H,3H2,1-2H3. The lowest BCUT2D eigenvalue weighted by Crippen LogP contribution is -2.21. The van der Waals surface area contributed by atoms with Crippen molar-refractivity contribution >= 4 is 16.1 Å². The van der Waals surface area contributed by atoms with E-state index in [9.17, 15) is 17.6 Å². The highest BCUT2D eigenvalue weighted by Crippen LogP contribution is 2.29. The molecule has 0 aromatic heterocycles. The number of carbonyl (C=O) groups excluding carboxylic acids is 1. The maximum absolute atomic E-state index is 13.8. The van der Waals surface area contributed by atoms with Gasteiger partial charge >= 0.3 is 0 Å². The molecule has 0 amide bonds. The molecule has 88 valence electrons. The van der Waals surface area contributed by atoms with Crippen molar-refractivity contribution in [3.8, 4) is 0 Å². The second kappa shape index (κ2) is 4.33. The highest BCUT2D eigenvalue weighted by Gasteiger charge is 2.31. The monoisotopic (exact) mass is 244 g/mol. The van der Waals surface area contributed by atoms with E-state index in [0.29, 0.717) is 0 Å². The molecule has 16 heavy (non-hydrogen) atoms. The van der Waals surface area contributed by atoms with E-state index in [0.717, 1.165) is 6.92 Å². The van der Waals surface area contributed by atoms with Crippen LogP contribution in [0.1, 0.15) is 19.4 Å². The van der Waals surface area contributed by atoms with Gasteiger partial charge in [-0.05, 0) is 13.0 Å². The first-order valence-corrected chi connectivity index (χ1v) is 6.48. The van der Waals surface area contributed by atoms with E-state index in [-0.39, 0.29) is 22.5 Å². The Hall–Kier alpha value is -1.23. The lowest BCUT2D eigenvalue weighted by molar-refractivity contribution is -0.117. The van der Waals surface area contributed by atoms with Crippen molar-refractivity contribution in [1.82, 2.24) is 0 Å². The van der Waals surface area contributed by atoms with Crippen molar-refractivity contribution < 1.29 is 17.6 Å². The van der Waals surface area contributed by atoms with Crippen molar-refractivity contribution in [3.63, 3.8) is 0 Å². The van der Waals surface area contributed by atoms with Crippen molar-refractivity contribution in [3.05, 3.63) is 29.8 Å². The average Bonchev–Trinajstić information content (AvgIpc) is 2.29. The molecule has 0 saturated carbocycles. The van der Waals surface area contributed by atoms with E-state index in [4.69, 9.17) is 0 Å². The third-order valence-electron chi connectivity index (χ3n) is 2.35. The van der Waals surface area contributed by atoms with Gasteiger partial charge in [-0.2, -0.15) is 0 Å². The van der Waals surface area contributed by atoms with Crippen molar-refractivity contribution in [2.45, 2.75) is 24.4 Å². The zero-order valence-corrected chi connectivity index (χ0v) is 9.92. The molecule has 1 atom stereocenters. The highest BCUT2D eigenvalue weighted by atomic mass is 32.2. The Bertz CT molecular complexity index is 492. The van der Waals surface area contributed by atoms with Crippen LogP contribution in [-0.2, 0) is 20.3 Å². The van der Waals surface area contributed by atoms with Crippen LogP contribution in [0.3, 0.4) is 0 Å². The minimum absolute atomic E-state index is 0.105. The van der Waals surface area contributed by atoms with Crippen LogP contribution in [0.4, 0.5) is 4.39 Å². The average molecular weight is 244 g/mol. The van der Waals surface area contributed by atoms with Crippen LogP contribution in [0.25, 0.3) is 0 Å². The Labute approximate surface area is 94.2 Å². The van der Waals surface area contributed by atoms with Crippen LogP contribution in [-0.4, -0.2) is 20.5 Å². The smallest absolute Gasteiger partial charge is 0.189 e. The quantitative estimate of drug-likeness (QED) is 0.760. The number of hydrogen-bond acceptors (Lipinski definition) is 3. The maximum Gasteiger partial charge on any atom is 0.189 e. The third kappa shape index (κ3) is 2.29. The minimum Gasteiger partial charge on any atom is -0.299 e. The van der Waals surface area contributed by atoms with E-state index < -0.39 is 15.5 Å². The van der Waals surface area contributed by atoms with Gasteiger partial charge in [0.15, 0.2) is 21.8 Å². The van der Waals surface area contributed by atoms with Gasteiger partial charge in [0.25, 0.3) is 0 Å². The summed E-state index contributed by atoms with van der Waals surface area (Å²) in [7, 11) is -3.52. The molecule has 1 aromatic carbocycles. The molecule has 1 unspecified atom stereocenters. The molecule has 3 nitrogen and oxygen atoms in total. The molecule has 1 rings (SSSR count). The van der Waals surface area contributed by atoms with Crippen LogP contribution in [0.2, 0.25) is 0 Å². The summed E-state index contributed by atoms with van der Waals surface area (Å²) in [5.41, 5.74) is -2.38. The molecule has 0 fully saturated rings. The summed E-state index contributed by atoms with van der Waals surface area (Å²) >= 11 is 0. The summed E-state index contributed by atoms with van der Waals surface area (Å²) in [6.45, 7) is 2.52. The van der Waals surface area contributed by atoms with Gasteiger partial charge in [0.05, 0.1) is 10.6 Å². The third-order valence-corrected chi connectivity index (χ3v) is 4.14. The fraction of sp³-hybridized carbons (Fsp3) is 0.364. The molecule has 0 aliphatic heterocycles. The Morgan fingerprint density at radius 3 is 2.44 bits per heavy atom. The molecule has 0 radical (unpaired) electrons. The van der Waals surface area contributed by atoms with Gasteiger partial charge in [-0.1, -0.05) is 25.1 Å². The van der Waals surface area contributed by atoms with Crippen molar-refractivity contribution in [1.29, 1.82) is 0 Å². The molecule has 0 spiro atoms. The molecule has 0 N–H and O–H groups in total. The van der Waals surface area contributed by atoms with Crippen molar-refractivity contribution in [2.24, 2.45) is 0 Å². The summed E-state index contributed by atoms with van der Waals surface area (Å²) in [5, 5.41) is 0. The molecule has 1 aromatic rings. The number of rotatable bonds is 4. The molecule has 0 aliphatic rings. The summed E-state index contributed by atoms with van der Waals surface area (Å²) in [6, 6.07) is 5.64. The Kier molecular flexibility index (Phi) is 3.48. The van der Waals surface area contributed by atoms with Crippen LogP contribution in [0, 0.1) is 0 Å². The largest absolute Gasteiger partial charge is 0.299 e. The Balaban J connectivity index is 3.49. The van der Waals surface area contributed by atoms with Crippen LogP contribution in [0.5, 0.6) is 0 Å². The summed E-state index contributed by atoms with van der Waals surface area (Å²) in [4.78, 5) is 10.5. The fourth-order valence-corrected chi connectivity index (χ4v) is 2.56. The Morgan fingerprint density at radius 2 is 1.94 bits per heavy atom. The minimum atomic E-state index is -3.52. The number of sulfone groups is 1. The topological polar surface area (TPSA) is 51.2 Å². The van der Waals surface area contributed by atoms with E-state index in [2.05, 4.69) is 0 Å². The zero-order valence-electron chi connectivity index (χ0n) is 9.10. The van der Waals surface area contributed by atoms with Gasteiger partial charge in [0.2, 0.25) is 0 Å². The lowest BCUT2D eigenvalue weighted by atomic mass is 10.00. The Morgan fingerprint density at radius 1 is 1.38 bits per heavy atom. The normalized spacial score (nSPS) is 15.4. The van der Waals surface area contributed by atoms with Crippen LogP contribution < -0.4 is 0 Å². The molecule has 0 aliphatic carbocycles. The molecule has 0 saturated heterocycles. The van der Waals surface area contributed by atoms with Gasteiger partial charge in [-0.3, -0.25) is 4.79 Å². The summed E-state index contributed by atoms with van der Waals surface area (Å²) in [6.07, 6.45) is 0.108. The molecule has 0 bridgehead atoms. The first kappa shape index (κ1) is 12.8. The van der Waals surface area contributed by atoms with Gasteiger partial charge in [0, 0.05) is 5.56 Å². The number of aldehydes is 1. The van der Waals surface area contributed by atoms with E-state index in [1.165, 1.54) is 31.2 Å². The second-order valence-electron chi connectivity index (χ2n) is 3.59. The summed E-state index contributed by atoms with van der Waals surface area (Å²) in [5.74, 6) is -0.126. The van der Waals surface area contributed by atoms with Crippen LogP contribution in [0.15, 0.2) is 29.2 Å². The van der Waals surface area contributed by atoms with Gasteiger partial charge in [-0.15, -0.1) is 0 Å². The number of alkyl halides is 1. The van der Waals surface area contributed by atoms with Gasteiger partial charge in [-0.25, -0.2) is 12.8 Å². The molecule has 5 heteroatoms. The second-order valence-corrected chi connectivity index (χ2v) is 5.84. The number of hydrogen-bond donors (Lipinski definition) is 0. The SMILES string of the molecule is CCS(=O)(=O)c1ccccc1C(C)(F)C=O. The predicted molar refractivity (Wildman–Crippen MR) is 58.7 cm³/mol. The van der Waals surface area contributed by atoms with E-state index in [1.807, 2.05) is 0 Å². The van der Waals surface area contributed by atoms with Gasteiger partial charge < -0.3 is 0 Å². The number of benzene rings is 1. The van der Waals surface area contributed by atoms with E-state index >= 15 is 0 Å². The fourth-order valence-electron chi connectivity index (χ4n) is 1.36. The van der Waals surface area contributed by atoms with Crippen molar-refractivity contribution in [2.75, 3.05) is 5.75 Å². The molecule has 0 heterocycles. The number of carbonyl (C=O) groups is 1. The number of halogens is 1. The first-order valence-electron chi connectivity index (χ1n) is 4.82. The lowest BCUT2D eigenvalue weighted by Gasteiger charge is -2.17. The molecular weight excluding hydrogens is 231 g/mol. The van der Waals surface area contributed by atoms with Crippen LogP contribution >= 0.6 is 0 Å². The zero-order chi connectivity index (χ0) is 12.4. The summed E-state index contributed by atoms with van der Waals surface area (Å²) < 4.78 is 37.2. The molecular formula is C11H13FO3S. The van der Waals surface area contributed by atoms with Gasteiger partial charge in [0.1, 0.15) is 0 Å². The van der Waals surface area contributed by atoms with E-state index in [1.54, 1.807) is 0 Å². The predicted octanol–water partition coefficient (Wildman–Crippen LogP) is 1.86. The highest BCUT2D eigenvalue weighted by molar-refractivity contribution is 7.91.